The highest BCUT2D eigenvalue weighted by molar-refractivity contribution is 5.81. The van der Waals surface area contributed by atoms with E-state index in [4.69, 9.17) is 4.74 Å². The van der Waals surface area contributed by atoms with Gasteiger partial charge in [-0.1, -0.05) is 62.3 Å². The monoisotopic (exact) mass is 548 g/mol. The van der Waals surface area contributed by atoms with Gasteiger partial charge in [0.1, 0.15) is 0 Å². The van der Waals surface area contributed by atoms with Gasteiger partial charge >= 0.3 is 0 Å². The molecule has 2 saturated carbocycles. The molecule has 0 aromatic heterocycles. The van der Waals surface area contributed by atoms with Gasteiger partial charge < -0.3 is 9.84 Å². The van der Waals surface area contributed by atoms with Gasteiger partial charge in [0.25, 0.3) is 0 Å². The molecule has 0 bridgehead atoms. The number of fused-ring (bicyclic) bond motifs is 1. The van der Waals surface area contributed by atoms with Crippen LogP contribution in [-0.2, 0) is 14.3 Å². The molecule has 3 fully saturated rings. The van der Waals surface area contributed by atoms with Gasteiger partial charge in [0.2, 0.25) is 11.8 Å². The summed E-state index contributed by atoms with van der Waals surface area (Å²) in [5, 5.41) is 11.2. The fourth-order valence-electron chi connectivity index (χ4n) is 7.93. The lowest BCUT2D eigenvalue weighted by atomic mass is 9.57. The average Bonchev–Trinajstić information content (AvgIpc) is 2.78. The zero-order chi connectivity index (χ0) is 29.6. The number of ether oxygens (including phenoxy) is 1. The highest BCUT2D eigenvalue weighted by atomic mass is 16.5. The van der Waals surface area contributed by atoms with Crippen LogP contribution in [0.5, 0.6) is 0 Å². The highest BCUT2D eigenvalue weighted by Gasteiger charge is 2.57. The van der Waals surface area contributed by atoms with Crippen molar-refractivity contribution >= 4 is 11.8 Å². The zero-order valence-corrected chi connectivity index (χ0v) is 26.9. The SMILES string of the molecule is CC(C)(C)C1CC(CCC(=O)NNC(=O)CCC2CC(C(C)(C)C)C3OC(C)(C)C3C2)CC(C(C)(C)C)C1O. The van der Waals surface area contributed by atoms with Crippen molar-refractivity contribution in [3.63, 3.8) is 0 Å². The van der Waals surface area contributed by atoms with Crippen LogP contribution in [0.3, 0.4) is 0 Å². The second-order valence-corrected chi connectivity index (χ2v) is 17.0. The van der Waals surface area contributed by atoms with Crippen LogP contribution in [0.2, 0.25) is 0 Å². The first-order valence-corrected chi connectivity index (χ1v) is 15.6. The lowest BCUT2D eigenvalue weighted by Crippen LogP contribution is -2.63. The summed E-state index contributed by atoms with van der Waals surface area (Å²) in [7, 11) is 0. The minimum Gasteiger partial charge on any atom is -0.393 e. The molecule has 3 rings (SSSR count). The quantitative estimate of drug-likeness (QED) is 0.324. The Kier molecular flexibility index (Phi) is 9.65. The Bertz CT molecular complexity index is 838. The molecular weight excluding hydrogens is 488 g/mol. The molecule has 39 heavy (non-hydrogen) atoms. The van der Waals surface area contributed by atoms with Gasteiger partial charge in [-0.2, -0.15) is 0 Å². The molecule has 0 aromatic rings. The third-order valence-electron chi connectivity index (χ3n) is 10.5. The fourth-order valence-corrected chi connectivity index (χ4v) is 7.93. The maximum atomic E-state index is 12.6. The Labute approximate surface area is 239 Å². The molecule has 2 aliphatic carbocycles. The standard InChI is InChI=1S/C33H60N2O4/c1-30(2,3)22-16-20(17-23(28(22)38)31(4,5)6)12-14-26(36)34-35-27(37)15-13-21-18-24(32(7,8)9)29-25(19-21)33(10,11)39-29/h20-25,28-29,38H,12-19H2,1-11H3,(H,34,36)(H,35,37). The molecule has 1 heterocycles. The first-order valence-electron chi connectivity index (χ1n) is 15.6. The number of nitrogens with one attached hydrogen (secondary N) is 2. The summed E-state index contributed by atoms with van der Waals surface area (Å²) in [6.07, 6.45) is 6.58. The maximum absolute atomic E-state index is 12.6. The van der Waals surface area contributed by atoms with E-state index in [1.165, 1.54) is 0 Å². The molecule has 0 aromatic carbocycles. The molecule has 226 valence electrons. The number of hydrazine groups is 1. The Morgan fingerprint density at radius 3 is 1.49 bits per heavy atom. The van der Waals surface area contributed by atoms with Crippen LogP contribution in [-0.4, -0.2) is 34.7 Å². The third-order valence-corrected chi connectivity index (χ3v) is 10.5. The minimum absolute atomic E-state index is 0.0192. The second kappa shape index (κ2) is 11.6. The van der Waals surface area contributed by atoms with E-state index in [0.29, 0.717) is 42.6 Å². The van der Waals surface area contributed by atoms with Crippen LogP contribution in [0.4, 0.5) is 0 Å². The molecule has 0 spiro atoms. The number of carbonyl (C=O) groups is 2. The normalized spacial score (nSPS) is 35.0. The predicted octanol–water partition coefficient (Wildman–Crippen LogP) is 6.66. The number of amides is 2. The van der Waals surface area contributed by atoms with Gasteiger partial charge in [-0.25, -0.2) is 0 Å². The summed E-state index contributed by atoms with van der Waals surface area (Å²) in [6.45, 7) is 24.6. The molecule has 1 aliphatic heterocycles. The Hall–Kier alpha value is -1.14. The molecule has 3 N–H and O–H groups in total. The maximum Gasteiger partial charge on any atom is 0.238 e. The number of aliphatic hydroxyl groups excluding tert-OH is 1. The van der Waals surface area contributed by atoms with E-state index in [9.17, 15) is 14.7 Å². The minimum atomic E-state index is -0.314. The summed E-state index contributed by atoms with van der Waals surface area (Å²) >= 11 is 0. The first-order chi connectivity index (χ1) is 17.7. The van der Waals surface area contributed by atoms with Crippen LogP contribution in [0.25, 0.3) is 0 Å². The number of hydrogen-bond acceptors (Lipinski definition) is 4. The Morgan fingerprint density at radius 1 is 0.718 bits per heavy atom. The highest BCUT2D eigenvalue weighted by Crippen LogP contribution is 2.56. The van der Waals surface area contributed by atoms with Crippen LogP contribution in [0.1, 0.15) is 128 Å². The predicted molar refractivity (Wildman–Crippen MR) is 157 cm³/mol. The van der Waals surface area contributed by atoms with Crippen LogP contribution in [0, 0.1) is 51.8 Å². The van der Waals surface area contributed by atoms with Gasteiger partial charge in [-0.15, -0.1) is 0 Å². The summed E-state index contributed by atoms with van der Waals surface area (Å²) in [5.41, 5.74) is 5.49. The first kappa shape index (κ1) is 32.4. The lowest BCUT2D eigenvalue weighted by molar-refractivity contribution is -0.292. The number of hydrogen-bond donors (Lipinski definition) is 3. The van der Waals surface area contributed by atoms with E-state index in [1.54, 1.807) is 0 Å². The number of aliphatic hydroxyl groups is 1. The van der Waals surface area contributed by atoms with Crippen LogP contribution in [0.15, 0.2) is 0 Å². The van der Waals surface area contributed by atoms with Gasteiger partial charge in [-0.3, -0.25) is 20.4 Å². The van der Waals surface area contributed by atoms with Gasteiger partial charge in [0, 0.05) is 18.8 Å². The topological polar surface area (TPSA) is 87.7 Å². The van der Waals surface area contributed by atoms with Crippen molar-refractivity contribution in [2.24, 2.45) is 51.8 Å². The molecule has 1 saturated heterocycles. The van der Waals surface area contributed by atoms with Crippen molar-refractivity contribution in [3.8, 4) is 0 Å². The molecule has 2 amide bonds. The molecule has 0 radical (unpaired) electrons. The largest absolute Gasteiger partial charge is 0.393 e. The lowest BCUT2D eigenvalue weighted by Gasteiger charge is -2.61. The molecule has 6 nitrogen and oxygen atoms in total. The summed E-state index contributed by atoms with van der Waals surface area (Å²) < 4.78 is 6.29. The van der Waals surface area contributed by atoms with Crippen LogP contribution >= 0.6 is 0 Å². The van der Waals surface area contributed by atoms with Crippen molar-refractivity contribution in [2.75, 3.05) is 0 Å². The Balaban J connectivity index is 1.44. The van der Waals surface area contributed by atoms with E-state index in [1.807, 2.05) is 0 Å². The van der Waals surface area contributed by atoms with Crippen LogP contribution < -0.4 is 10.9 Å². The van der Waals surface area contributed by atoms with E-state index >= 15 is 0 Å². The summed E-state index contributed by atoms with van der Waals surface area (Å²) in [5.74, 6) is 2.16. The fraction of sp³-hybridized carbons (Fsp3) is 0.939. The van der Waals surface area contributed by atoms with E-state index in [-0.39, 0.29) is 51.6 Å². The van der Waals surface area contributed by atoms with Crippen molar-refractivity contribution in [1.82, 2.24) is 10.9 Å². The second-order valence-electron chi connectivity index (χ2n) is 17.0. The number of rotatable bonds is 6. The van der Waals surface area contributed by atoms with Crippen molar-refractivity contribution in [3.05, 3.63) is 0 Å². The Morgan fingerprint density at radius 2 is 1.10 bits per heavy atom. The van der Waals surface area contributed by atoms with E-state index < -0.39 is 0 Å². The molecule has 6 heteroatoms. The molecule has 6 atom stereocenters. The van der Waals surface area contributed by atoms with Gasteiger partial charge in [0.15, 0.2) is 0 Å². The van der Waals surface area contributed by atoms with Crippen molar-refractivity contribution in [2.45, 2.75) is 145 Å². The molecular formula is C33H60N2O4. The zero-order valence-electron chi connectivity index (χ0n) is 26.9. The summed E-state index contributed by atoms with van der Waals surface area (Å²) in [6, 6.07) is 0. The van der Waals surface area contributed by atoms with Crippen molar-refractivity contribution < 1.29 is 19.4 Å². The van der Waals surface area contributed by atoms with Gasteiger partial charge in [0.05, 0.1) is 17.8 Å². The van der Waals surface area contributed by atoms with E-state index in [0.717, 1.165) is 38.5 Å². The third kappa shape index (κ3) is 7.99. The smallest absolute Gasteiger partial charge is 0.238 e. The molecule has 3 aliphatic rings. The summed E-state index contributed by atoms with van der Waals surface area (Å²) in [4.78, 5) is 25.3. The molecule has 6 unspecified atom stereocenters. The van der Waals surface area contributed by atoms with E-state index in [2.05, 4.69) is 87.0 Å². The van der Waals surface area contributed by atoms with Gasteiger partial charge in [-0.05, 0) is 98.2 Å². The number of carbonyl (C=O) groups excluding carboxylic acids is 2. The average molecular weight is 549 g/mol. The van der Waals surface area contributed by atoms with Crippen molar-refractivity contribution in [1.29, 1.82) is 0 Å².